The van der Waals surface area contributed by atoms with Crippen LogP contribution in [0.2, 0.25) is 0 Å². The van der Waals surface area contributed by atoms with Crippen LogP contribution in [0.5, 0.6) is 0 Å². The molecular weight excluding hydrogens is 313 g/mol. The van der Waals surface area contributed by atoms with Gasteiger partial charge in [0.15, 0.2) is 11.3 Å². The number of hydrogen-bond acceptors (Lipinski definition) is 4. The molecule has 9 heteroatoms. The summed E-state index contributed by atoms with van der Waals surface area (Å²) >= 11 is 0. The number of aromatic nitrogens is 3. The highest BCUT2D eigenvalue weighted by molar-refractivity contribution is 5.93. The molecule has 2 aromatic heterocycles. The van der Waals surface area contributed by atoms with Gasteiger partial charge in [-0.3, -0.25) is 4.79 Å². The summed E-state index contributed by atoms with van der Waals surface area (Å²) in [6.45, 7) is 3.10. The highest BCUT2D eigenvalue weighted by atomic mass is 19.4. The number of rotatable bonds is 3. The number of nitrogens with one attached hydrogen (secondary N) is 1. The summed E-state index contributed by atoms with van der Waals surface area (Å²) in [6, 6.07) is 2.15. The Morgan fingerprint density at radius 3 is 2.91 bits per heavy atom. The van der Waals surface area contributed by atoms with Crippen molar-refractivity contribution in [1.29, 1.82) is 0 Å². The highest BCUT2D eigenvalue weighted by Gasteiger charge is 2.35. The van der Waals surface area contributed by atoms with Crippen LogP contribution < -0.4 is 5.32 Å². The molecule has 1 aliphatic heterocycles. The van der Waals surface area contributed by atoms with Crippen molar-refractivity contribution < 1.29 is 22.7 Å². The topological polar surface area (TPSA) is 68.5 Å². The maximum absolute atomic E-state index is 13.1. The largest absolute Gasteiger partial charge is 0.433 e. The lowest BCUT2D eigenvalue weighted by Crippen LogP contribution is -2.29. The quantitative estimate of drug-likeness (QED) is 0.933. The van der Waals surface area contributed by atoms with Crippen molar-refractivity contribution in [3.05, 3.63) is 29.2 Å². The summed E-state index contributed by atoms with van der Waals surface area (Å²) in [5, 5.41) is 6.43. The second-order valence-electron chi connectivity index (χ2n) is 5.52. The van der Waals surface area contributed by atoms with Gasteiger partial charge in [-0.2, -0.15) is 18.3 Å². The van der Waals surface area contributed by atoms with E-state index in [1.54, 1.807) is 0 Å². The first kappa shape index (κ1) is 15.7. The van der Waals surface area contributed by atoms with Gasteiger partial charge in [-0.15, -0.1) is 0 Å². The van der Waals surface area contributed by atoms with E-state index in [1.807, 2.05) is 0 Å². The molecule has 3 rings (SSSR count). The Morgan fingerprint density at radius 1 is 1.48 bits per heavy atom. The molecule has 23 heavy (non-hydrogen) atoms. The van der Waals surface area contributed by atoms with Crippen LogP contribution in [0.15, 0.2) is 12.1 Å². The summed E-state index contributed by atoms with van der Waals surface area (Å²) in [4.78, 5) is 16.1. The number of fused-ring (bicyclic) bond motifs is 1. The zero-order chi connectivity index (χ0) is 16.6. The Labute approximate surface area is 129 Å². The van der Waals surface area contributed by atoms with Crippen molar-refractivity contribution in [2.75, 3.05) is 19.8 Å². The van der Waals surface area contributed by atoms with E-state index < -0.39 is 17.8 Å². The Balaban J connectivity index is 1.85. The van der Waals surface area contributed by atoms with Gasteiger partial charge in [-0.25, -0.2) is 9.50 Å². The van der Waals surface area contributed by atoms with Crippen molar-refractivity contribution in [3.63, 3.8) is 0 Å². The second-order valence-corrected chi connectivity index (χ2v) is 5.52. The van der Waals surface area contributed by atoms with E-state index in [0.717, 1.165) is 12.5 Å². The predicted molar refractivity (Wildman–Crippen MR) is 74.0 cm³/mol. The minimum atomic E-state index is -4.58. The normalized spacial score (nSPS) is 18.5. The number of ether oxygens (including phenoxy) is 1. The van der Waals surface area contributed by atoms with Gasteiger partial charge in [0.25, 0.3) is 5.91 Å². The van der Waals surface area contributed by atoms with Gasteiger partial charge in [-0.1, -0.05) is 0 Å². The van der Waals surface area contributed by atoms with Crippen LogP contribution >= 0.6 is 0 Å². The van der Waals surface area contributed by atoms with Crippen LogP contribution in [0.25, 0.3) is 5.65 Å². The van der Waals surface area contributed by atoms with E-state index in [0.29, 0.717) is 24.3 Å². The van der Waals surface area contributed by atoms with E-state index in [9.17, 15) is 18.0 Å². The number of aryl methyl sites for hydroxylation is 1. The summed E-state index contributed by atoms with van der Waals surface area (Å²) in [7, 11) is 0. The fourth-order valence-electron chi connectivity index (χ4n) is 2.48. The minimum Gasteiger partial charge on any atom is -0.381 e. The lowest BCUT2D eigenvalue weighted by Gasteiger charge is -2.09. The van der Waals surface area contributed by atoms with Gasteiger partial charge in [0.05, 0.1) is 6.61 Å². The molecule has 0 aromatic carbocycles. The van der Waals surface area contributed by atoms with Crippen LogP contribution in [-0.2, 0) is 10.9 Å². The van der Waals surface area contributed by atoms with E-state index in [-0.39, 0.29) is 23.0 Å². The fourth-order valence-corrected chi connectivity index (χ4v) is 2.48. The first-order chi connectivity index (χ1) is 10.8. The number of carbonyl (C=O) groups excluding carboxylic acids is 1. The average molecular weight is 328 g/mol. The molecule has 1 amide bonds. The van der Waals surface area contributed by atoms with Gasteiger partial charge in [0.2, 0.25) is 0 Å². The van der Waals surface area contributed by atoms with Gasteiger partial charge < -0.3 is 10.1 Å². The van der Waals surface area contributed by atoms with Crippen LogP contribution in [-0.4, -0.2) is 40.3 Å². The van der Waals surface area contributed by atoms with Crippen molar-refractivity contribution >= 4 is 11.6 Å². The first-order valence-electron chi connectivity index (χ1n) is 7.15. The number of halogens is 3. The molecule has 6 nitrogen and oxygen atoms in total. The summed E-state index contributed by atoms with van der Waals surface area (Å²) in [5.41, 5.74) is -0.845. The molecule has 1 fully saturated rings. The van der Waals surface area contributed by atoms with Gasteiger partial charge in [0, 0.05) is 30.8 Å². The molecule has 0 unspecified atom stereocenters. The van der Waals surface area contributed by atoms with Crippen LogP contribution in [0.3, 0.4) is 0 Å². The summed E-state index contributed by atoms with van der Waals surface area (Å²) in [6.07, 6.45) is -3.72. The standard InChI is InChI=1S/C14H15F3N4O2/c1-8-4-11(14(15,16)17)21-12(19-8)5-10(20-21)13(22)18-6-9-2-3-23-7-9/h4-5,9H,2-3,6-7H2,1H3,(H,18,22)/t9-/m0/s1. The van der Waals surface area contributed by atoms with E-state index in [4.69, 9.17) is 4.74 Å². The maximum Gasteiger partial charge on any atom is 0.433 e. The molecule has 0 aliphatic carbocycles. The Hall–Kier alpha value is -2.16. The molecule has 0 bridgehead atoms. The Bertz CT molecular complexity index is 735. The van der Waals surface area contributed by atoms with Crippen LogP contribution in [0.4, 0.5) is 13.2 Å². The second kappa shape index (κ2) is 5.80. The van der Waals surface area contributed by atoms with Gasteiger partial charge in [-0.05, 0) is 19.4 Å². The number of nitrogens with zero attached hydrogens (tertiary/aromatic N) is 3. The molecule has 0 spiro atoms. The SMILES string of the molecule is Cc1cc(C(F)(F)F)n2nc(C(=O)NC[C@@H]3CCOC3)cc2n1. The third-order valence-electron chi connectivity index (χ3n) is 3.65. The molecule has 124 valence electrons. The first-order valence-corrected chi connectivity index (χ1v) is 7.15. The molecule has 1 atom stereocenters. The van der Waals surface area contributed by atoms with E-state index in [1.165, 1.54) is 13.0 Å². The Kier molecular flexibility index (Phi) is 3.97. The number of hydrogen-bond donors (Lipinski definition) is 1. The van der Waals surface area contributed by atoms with Gasteiger partial charge in [0.1, 0.15) is 5.69 Å². The van der Waals surface area contributed by atoms with E-state index >= 15 is 0 Å². The molecule has 0 radical (unpaired) electrons. The Morgan fingerprint density at radius 2 is 2.26 bits per heavy atom. The zero-order valence-electron chi connectivity index (χ0n) is 12.4. The predicted octanol–water partition coefficient (Wildman–Crippen LogP) is 1.82. The smallest absolute Gasteiger partial charge is 0.381 e. The van der Waals surface area contributed by atoms with Crippen molar-refractivity contribution in [1.82, 2.24) is 19.9 Å². The highest BCUT2D eigenvalue weighted by Crippen LogP contribution is 2.29. The zero-order valence-corrected chi connectivity index (χ0v) is 12.4. The molecule has 3 heterocycles. The summed E-state index contributed by atoms with van der Waals surface area (Å²) in [5.74, 6) is -0.296. The molecule has 1 N–H and O–H groups in total. The van der Waals surface area contributed by atoms with Gasteiger partial charge >= 0.3 is 6.18 Å². The summed E-state index contributed by atoms with van der Waals surface area (Å²) < 4.78 is 45.0. The average Bonchev–Trinajstić information content (AvgIpc) is 3.11. The molecule has 2 aromatic rings. The van der Waals surface area contributed by atoms with Crippen molar-refractivity contribution in [3.8, 4) is 0 Å². The van der Waals surface area contributed by atoms with Crippen LogP contribution in [0.1, 0.15) is 28.3 Å². The molecule has 1 aliphatic rings. The minimum absolute atomic E-state index is 0.00771. The third-order valence-corrected chi connectivity index (χ3v) is 3.65. The van der Waals surface area contributed by atoms with Crippen molar-refractivity contribution in [2.45, 2.75) is 19.5 Å². The van der Waals surface area contributed by atoms with E-state index in [2.05, 4.69) is 15.4 Å². The lowest BCUT2D eigenvalue weighted by atomic mass is 10.1. The maximum atomic E-state index is 13.1. The number of carbonyl (C=O) groups is 1. The van der Waals surface area contributed by atoms with Crippen molar-refractivity contribution in [2.24, 2.45) is 5.92 Å². The number of amides is 1. The fraction of sp³-hybridized carbons (Fsp3) is 0.500. The third kappa shape index (κ3) is 3.29. The molecule has 0 saturated carbocycles. The monoisotopic (exact) mass is 328 g/mol. The lowest BCUT2D eigenvalue weighted by molar-refractivity contribution is -0.142. The molecule has 1 saturated heterocycles. The van der Waals surface area contributed by atoms with Crippen LogP contribution in [0, 0.1) is 12.8 Å². The molecular formula is C14H15F3N4O2. The number of alkyl halides is 3.